The molecule has 2 aromatic carbocycles. The maximum atomic E-state index is 13.1. The number of amides is 1. The van der Waals surface area contributed by atoms with Crippen LogP contribution in [-0.2, 0) is 0 Å². The highest BCUT2D eigenvalue weighted by molar-refractivity contribution is 5.95. The van der Waals surface area contributed by atoms with Crippen molar-refractivity contribution >= 4 is 23.4 Å². The molecule has 2 heterocycles. The molecule has 0 aliphatic carbocycles. The van der Waals surface area contributed by atoms with Crippen molar-refractivity contribution < 1.29 is 19.0 Å². The number of hydrogen-bond acceptors (Lipinski definition) is 8. The zero-order valence-electron chi connectivity index (χ0n) is 19.9. The molecule has 0 atom stereocenters. The molecule has 1 fully saturated rings. The molecule has 1 aliphatic heterocycles. The second kappa shape index (κ2) is 10.3. The van der Waals surface area contributed by atoms with Crippen LogP contribution in [0.25, 0.3) is 0 Å². The lowest BCUT2D eigenvalue weighted by Crippen LogP contribution is -2.49. The number of ether oxygens (including phenoxy) is 3. The molecular weight excluding hydrogens is 434 g/mol. The van der Waals surface area contributed by atoms with E-state index in [1.54, 1.807) is 39.5 Å². The van der Waals surface area contributed by atoms with Gasteiger partial charge in [-0.1, -0.05) is 0 Å². The highest BCUT2D eigenvalue weighted by Crippen LogP contribution is 2.25. The number of carbonyl (C=O) groups excluding carboxylic acids is 1. The number of carbonyl (C=O) groups is 1. The van der Waals surface area contributed by atoms with E-state index in [-0.39, 0.29) is 5.91 Å². The zero-order chi connectivity index (χ0) is 24.1. The minimum Gasteiger partial charge on any atom is -0.497 e. The van der Waals surface area contributed by atoms with Gasteiger partial charge < -0.3 is 29.3 Å². The lowest BCUT2D eigenvalue weighted by atomic mass is 10.1. The van der Waals surface area contributed by atoms with Crippen LogP contribution in [0.15, 0.2) is 48.5 Å². The Hall–Kier alpha value is -4.01. The highest BCUT2D eigenvalue weighted by Gasteiger charge is 2.24. The summed E-state index contributed by atoms with van der Waals surface area (Å²) in [6, 6.07) is 14.8. The van der Waals surface area contributed by atoms with Crippen LogP contribution in [-0.4, -0.2) is 68.3 Å². The molecule has 1 N–H and O–H groups in total. The summed E-state index contributed by atoms with van der Waals surface area (Å²) in [4.78, 5) is 26.3. The molecule has 9 heteroatoms. The number of benzene rings is 2. The molecule has 1 amide bonds. The molecule has 1 saturated heterocycles. The average molecular weight is 464 g/mol. The van der Waals surface area contributed by atoms with Gasteiger partial charge in [0.1, 0.15) is 23.1 Å². The summed E-state index contributed by atoms with van der Waals surface area (Å²) in [6.07, 6.45) is 0. The standard InChI is InChI=1S/C25H29N5O4/c1-17-13-23(27-19-5-7-20(32-2)8-6-19)28-25(26-17)30-11-9-29(10-12-30)24(31)18-14-21(33-3)16-22(15-18)34-4/h5-8,13-16H,9-12H2,1-4H3,(H,26,27,28). The Morgan fingerprint density at radius 3 is 2.03 bits per heavy atom. The predicted octanol–water partition coefficient (Wildman–Crippen LogP) is 3.52. The number of rotatable bonds is 7. The second-order valence-electron chi connectivity index (χ2n) is 7.93. The first-order valence-corrected chi connectivity index (χ1v) is 11.0. The largest absolute Gasteiger partial charge is 0.497 e. The molecule has 0 radical (unpaired) electrons. The Bertz CT molecular complexity index is 1120. The summed E-state index contributed by atoms with van der Waals surface area (Å²) in [5, 5.41) is 3.32. The van der Waals surface area contributed by atoms with E-state index in [0.29, 0.717) is 49.2 Å². The molecule has 34 heavy (non-hydrogen) atoms. The third-order valence-corrected chi connectivity index (χ3v) is 5.65. The van der Waals surface area contributed by atoms with Gasteiger partial charge in [0.15, 0.2) is 0 Å². The van der Waals surface area contributed by atoms with Crippen molar-refractivity contribution in [3.05, 3.63) is 59.8 Å². The van der Waals surface area contributed by atoms with Gasteiger partial charge in [0.2, 0.25) is 5.95 Å². The number of nitrogens with zero attached hydrogens (tertiary/aromatic N) is 4. The summed E-state index contributed by atoms with van der Waals surface area (Å²) in [6.45, 7) is 4.35. The topological polar surface area (TPSA) is 89.1 Å². The quantitative estimate of drug-likeness (QED) is 0.569. The normalized spacial score (nSPS) is 13.4. The summed E-state index contributed by atoms with van der Waals surface area (Å²) in [5.74, 6) is 3.28. The lowest BCUT2D eigenvalue weighted by Gasteiger charge is -2.35. The smallest absolute Gasteiger partial charge is 0.254 e. The van der Waals surface area contributed by atoms with Gasteiger partial charge in [0.05, 0.1) is 21.3 Å². The second-order valence-corrected chi connectivity index (χ2v) is 7.93. The van der Waals surface area contributed by atoms with Crippen LogP contribution >= 0.6 is 0 Å². The first-order valence-electron chi connectivity index (χ1n) is 11.0. The molecule has 3 aromatic rings. The number of methoxy groups -OCH3 is 3. The van der Waals surface area contributed by atoms with Crippen molar-refractivity contribution in [3.8, 4) is 17.2 Å². The molecule has 4 rings (SSSR count). The van der Waals surface area contributed by atoms with Crippen LogP contribution in [0.2, 0.25) is 0 Å². The maximum Gasteiger partial charge on any atom is 0.254 e. The highest BCUT2D eigenvalue weighted by atomic mass is 16.5. The number of aromatic nitrogens is 2. The number of piperazine rings is 1. The average Bonchev–Trinajstić information content (AvgIpc) is 2.88. The van der Waals surface area contributed by atoms with E-state index in [1.165, 1.54) is 0 Å². The lowest BCUT2D eigenvalue weighted by molar-refractivity contribution is 0.0745. The minimum atomic E-state index is -0.0520. The molecule has 0 unspecified atom stereocenters. The van der Waals surface area contributed by atoms with E-state index < -0.39 is 0 Å². The first-order chi connectivity index (χ1) is 16.5. The van der Waals surface area contributed by atoms with E-state index in [1.807, 2.05) is 42.2 Å². The third-order valence-electron chi connectivity index (χ3n) is 5.65. The van der Waals surface area contributed by atoms with Crippen molar-refractivity contribution in [2.75, 3.05) is 57.7 Å². The van der Waals surface area contributed by atoms with Gasteiger partial charge in [-0.05, 0) is 43.3 Å². The van der Waals surface area contributed by atoms with Gasteiger partial charge in [0.25, 0.3) is 5.91 Å². The molecule has 0 spiro atoms. The van der Waals surface area contributed by atoms with E-state index in [4.69, 9.17) is 19.2 Å². The fourth-order valence-corrected chi connectivity index (χ4v) is 3.80. The van der Waals surface area contributed by atoms with Crippen molar-refractivity contribution in [1.29, 1.82) is 0 Å². The molecular formula is C25H29N5O4. The third kappa shape index (κ3) is 5.31. The monoisotopic (exact) mass is 463 g/mol. The first kappa shape index (κ1) is 23.2. The number of anilines is 3. The Kier molecular flexibility index (Phi) is 7.01. The summed E-state index contributed by atoms with van der Waals surface area (Å²) < 4.78 is 15.8. The van der Waals surface area contributed by atoms with E-state index >= 15 is 0 Å². The van der Waals surface area contributed by atoms with Crippen LogP contribution < -0.4 is 24.4 Å². The summed E-state index contributed by atoms with van der Waals surface area (Å²) >= 11 is 0. The van der Waals surface area contributed by atoms with Gasteiger partial charge in [-0.3, -0.25) is 4.79 Å². The molecule has 1 aromatic heterocycles. The van der Waals surface area contributed by atoms with E-state index in [2.05, 4.69) is 15.2 Å². The van der Waals surface area contributed by atoms with Crippen LogP contribution in [0.3, 0.4) is 0 Å². The van der Waals surface area contributed by atoms with Crippen LogP contribution in [0.4, 0.5) is 17.5 Å². The van der Waals surface area contributed by atoms with E-state index in [0.717, 1.165) is 22.9 Å². The minimum absolute atomic E-state index is 0.0520. The van der Waals surface area contributed by atoms with Gasteiger partial charge >= 0.3 is 0 Å². The number of nitrogens with one attached hydrogen (secondary N) is 1. The Morgan fingerprint density at radius 2 is 1.44 bits per heavy atom. The van der Waals surface area contributed by atoms with Crippen LogP contribution in [0.5, 0.6) is 17.2 Å². The fraction of sp³-hybridized carbons (Fsp3) is 0.320. The van der Waals surface area contributed by atoms with Gasteiger partial charge in [-0.2, -0.15) is 4.98 Å². The Labute approximate surface area is 199 Å². The zero-order valence-corrected chi connectivity index (χ0v) is 19.9. The Morgan fingerprint density at radius 1 is 0.824 bits per heavy atom. The molecule has 178 valence electrons. The van der Waals surface area contributed by atoms with Crippen molar-refractivity contribution in [1.82, 2.24) is 14.9 Å². The van der Waals surface area contributed by atoms with Gasteiger partial charge in [-0.25, -0.2) is 4.98 Å². The molecule has 9 nitrogen and oxygen atoms in total. The molecule has 0 saturated carbocycles. The SMILES string of the molecule is COc1ccc(Nc2cc(C)nc(N3CCN(C(=O)c4cc(OC)cc(OC)c4)CC3)n2)cc1. The molecule has 1 aliphatic rings. The maximum absolute atomic E-state index is 13.1. The Balaban J connectivity index is 1.43. The predicted molar refractivity (Wildman–Crippen MR) is 131 cm³/mol. The van der Waals surface area contributed by atoms with Gasteiger partial charge in [-0.15, -0.1) is 0 Å². The number of hydrogen-bond donors (Lipinski definition) is 1. The fourth-order valence-electron chi connectivity index (χ4n) is 3.80. The molecule has 0 bridgehead atoms. The van der Waals surface area contributed by atoms with Gasteiger partial charge in [0, 0.05) is 55.3 Å². The summed E-state index contributed by atoms with van der Waals surface area (Å²) in [7, 11) is 4.78. The van der Waals surface area contributed by atoms with E-state index in [9.17, 15) is 4.79 Å². The summed E-state index contributed by atoms with van der Waals surface area (Å²) in [5.41, 5.74) is 2.32. The van der Waals surface area contributed by atoms with Crippen LogP contribution in [0, 0.1) is 6.92 Å². The number of aryl methyl sites for hydroxylation is 1. The van der Waals surface area contributed by atoms with Crippen molar-refractivity contribution in [2.45, 2.75) is 6.92 Å². The van der Waals surface area contributed by atoms with Crippen molar-refractivity contribution in [2.24, 2.45) is 0 Å². The van der Waals surface area contributed by atoms with Crippen molar-refractivity contribution in [3.63, 3.8) is 0 Å². The van der Waals surface area contributed by atoms with Crippen LogP contribution in [0.1, 0.15) is 16.1 Å².